The van der Waals surface area contributed by atoms with Gasteiger partial charge in [0, 0.05) is 5.54 Å². The predicted octanol–water partition coefficient (Wildman–Crippen LogP) is 2.18. The second-order valence-electron chi connectivity index (χ2n) is 5.01. The average Bonchev–Trinajstić information content (AvgIpc) is 2.34. The predicted molar refractivity (Wildman–Crippen MR) is 77.2 cm³/mol. The van der Waals surface area contributed by atoms with Gasteiger partial charge in [-0.15, -0.1) is 0 Å². The van der Waals surface area contributed by atoms with Gasteiger partial charge in [-0.05, 0) is 27.0 Å². The smallest absolute Gasteiger partial charge is 0.323 e. The molecule has 1 N–H and O–H groups in total. The van der Waals surface area contributed by atoms with Gasteiger partial charge in [-0.25, -0.2) is 9.97 Å². The van der Waals surface area contributed by atoms with Crippen molar-refractivity contribution in [2.75, 3.05) is 12.8 Å². The Hall–Kier alpha value is -1.34. The molecule has 0 saturated heterocycles. The average molecular weight is 318 g/mol. The van der Waals surface area contributed by atoms with Gasteiger partial charge in [-0.3, -0.25) is 9.59 Å². The van der Waals surface area contributed by atoms with Gasteiger partial charge in [-0.1, -0.05) is 23.4 Å². The lowest BCUT2D eigenvalue weighted by molar-refractivity contribution is -0.138. The van der Waals surface area contributed by atoms with Crippen molar-refractivity contribution >= 4 is 35.2 Å². The van der Waals surface area contributed by atoms with Crippen molar-refractivity contribution in [1.29, 1.82) is 0 Å². The molecule has 0 unspecified atom stereocenters. The van der Waals surface area contributed by atoms with Crippen molar-refractivity contribution in [3.8, 4) is 0 Å². The Morgan fingerprint density at radius 3 is 2.50 bits per heavy atom. The van der Waals surface area contributed by atoms with E-state index in [-0.39, 0.29) is 10.7 Å². The molecule has 0 aliphatic heterocycles. The van der Waals surface area contributed by atoms with Crippen LogP contribution in [0.15, 0.2) is 11.4 Å². The summed E-state index contributed by atoms with van der Waals surface area (Å²) in [5.74, 6) is -1.62. The van der Waals surface area contributed by atoms with Crippen LogP contribution >= 0.6 is 23.4 Å². The van der Waals surface area contributed by atoms with Crippen LogP contribution in [0.4, 0.5) is 0 Å². The van der Waals surface area contributed by atoms with Crippen molar-refractivity contribution in [3.05, 3.63) is 16.9 Å². The molecule has 0 bridgehead atoms. The first-order chi connectivity index (χ1) is 9.16. The van der Waals surface area contributed by atoms with Crippen LogP contribution in [0.2, 0.25) is 5.02 Å². The molecule has 1 amide bonds. The van der Waals surface area contributed by atoms with Gasteiger partial charge in [0.1, 0.15) is 6.54 Å². The van der Waals surface area contributed by atoms with E-state index in [0.29, 0.717) is 5.16 Å². The van der Waals surface area contributed by atoms with Crippen LogP contribution in [0.3, 0.4) is 0 Å². The number of carbonyl (C=O) groups excluding carboxylic acids is 1. The standard InChI is InChI=1S/C12H16ClN3O3S/c1-12(2,3)16(6-8(17)18)10(19)9-7(13)5-14-11(15-9)20-4/h5H,6H2,1-4H3,(H,17,18). The molecule has 0 atom stereocenters. The fourth-order valence-electron chi connectivity index (χ4n) is 1.48. The Kier molecular flexibility index (Phi) is 5.35. The van der Waals surface area contributed by atoms with Gasteiger partial charge in [0.25, 0.3) is 5.91 Å². The Morgan fingerprint density at radius 2 is 2.05 bits per heavy atom. The highest BCUT2D eigenvalue weighted by Crippen LogP contribution is 2.22. The number of amides is 1. The number of hydrogen-bond donors (Lipinski definition) is 1. The molecule has 110 valence electrons. The summed E-state index contributed by atoms with van der Waals surface area (Å²) in [6.07, 6.45) is 3.12. The molecule has 20 heavy (non-hydrogen) atoms. The number of carboxylic acid groups (broad SMARTS) is 1. The zero-order valence-electron chi connectivity index (χ0n) is 11.7. The fourth-order valence-corrected chi connectivity index (χ4v) is 1.99. The number of carbonyl (C=O) groups is 2. The van der Waals surface area contributed by atoms with E-state index in [1.807, 2.05) is 0 Å². The van der Waals surface area contributed by atoms with E-state index >= 15 is 0 Å². The monoisotopic (exact) mass is 317 g/mol. The Morgan fingerprint density at radius 1 is 1.45 bits per heavy atom. The maximum Gasteiger partial charge on any atom is 0.323 e. The third-order valence-electron chi connectivity index (χ3n) is 2.46. The van der Waals surface area contributed by atoms with Crippen LogP contribution in [0.25, 0.3) is 0 Å². The molecule has 0 aliphatic carbocycles. The molecule has 8 heteroatoms. The van der Waals surface area contributed by atoms with E-state index < -0.39 is 24.0 Å². The van der Waals surface area contributed by atoms with Crippen LogP contribution in [0.1, 0.15) is 31.3 Å². The third-order valence-corrected chi connectivity index (χ3v) is 3.29. The van der Waals surface area contributed by atoms with Crippen LogP contribution in [-0.2, 0) is 4.79 Å². The number of halogens is 1. The second kappa shape index (κ2) is 6.41. The quantitative estimate of drug-likeness (QED) is 0.677. The van der Waals surface area contributed by atoms with Crippen molar-refractivity contribution in [2.24, 2.45) is 0 Å². The van der Waals surface area contributed by atoms with E-state index in [9.17, 15) is 9.59 Å². The van der Waals surface area contributed by atoms with E-state index in [2.05, 4.69) is 9.97 Å². The zero-order chi connectivity index (χ0) is 15.5. The first-order valence-corrected chi connectivity index (χ1v) is 7.37. The molecule has 1 heterocycles. The van der Waals surface area contributed by atoms with Crippen LogP contribution < -0.4 is 0 Å². The number of thioether (sulfide) groups is 1. The van der Waals surface area contributed by atoms with Crippen molar-refractivity contribution < 1.29 is 14.7 Å². The molecule has 0 spiro atoms. The number of rotatable bonds is 4. The van der Waals surface area contributed by atoms with E-state index in [1.54, 1.807) is 27.0 Å². The summed E-state index contributed by atoms with van der Waals surface area (Å²) in [6, 6.07) is 0. The highest BCUT2D eigenvalue weighted by molar-refractivity contribution is 7.98. The molecular formula is C12H16ClN3O3S. The minimum atomic E-state index is -1.09. The number of hydrogen-bond acceptors (Lipinski definition) is 5. The number of nitrogens with zero attached hydrogens (tertiary/aromatic N) is 3. The highest BCUT2D eigenvalue weighted by atomic mass is 35.5. The van der Waals surface area contributed by atoms with Gasteiger partial charge in [0.2, 0.25) is 0 Å². The Labute approximate surface area is 126 Å². The maximum atomic E-state index is 12.5. The van der Waals surface area contributed by atoms with Gasteiger partial charge in [0.15, 0.2) is 10.9 Å². The second-order valence-corrected chi connectivity index (χ2v) is 6.19. The Balaban J connectivity index is 3.21. The van der Waals surface area contributed by atoms with Crippen molar-refractivity contribution in [2.45, 2.75) is 31.5 Å². The van der Waals surface area contributed by atoms with Crippen LogP contribution in [0.5, 0.6) is 0 Å². The van der Waals surface area contributed by atoms with E-state index in [1.165, 1.54) is 22.9 Å². The summed E-state index contributed by atoms with van der Waals surface area (Å²) in [5, 5.41) is 9.46. The summed E-state index contributed by atoms with van der Waals surface area (Å²) in [4.78, 5) is 32.7. The SMILES string of the molecule is CSc1ncc(Cl)c(C(=O)N(CC(=O)O)C(C)(C)C)n1. The lowest BCUT2D eigenvalue weighted by atomic mass is 10.1. The van der Waals surface area contributed by atoms with Crippen LogP contribution in [0, 0.1) is 0 Å². The molecule has 0 radical (unpaired) electrons. The zero-order valence-corrected chi connectivity index (χ0v) is 13.2. The first-order valence-electron chi connectivity index (χ1n) is 5.77. The number of aromatic nitrogens is 2. The summed E-state index contributed by atoms with van der Waals surface area (Å²) in [6.45, 7) is 4.83. The largest absolute Gasteiger partial charge is 0.480 e. The lowest BCUT2D eigenvalue weighted by Crippen LogP contribution is -2.48. The van der Waals surface area contributed by atoms with Gasteiger partial charge < -0.3 is 10.0 Å². The minimum absolute atomic E-state index is 0.0159. The normalized spacial score (nSPS) is 11.2. The van der Waals surface area contributed by atoms with E-state index in [0.717, 1.165) is 0 Å². The Bertz CT molecular complexity index is 531. The maximum absolute atomic E-state index is 12.5. The van der Waals surface area contributed by atoms with Crippen molar-refractivity contribution in [3.63, 3.8) is 0 Å². The molecule has 0 saturated carbocycles. The fraction of sp³-hybridized carbons (Fsp3) is 0.500. The summed E-state index contributed by atoms with van der Waals surface area (Å²) in [7, 11) is 0. The molecule has 6 nitrogen and oxygen atoms in total. The highest BCUT2D eigenvalue weighted by Gasteiger charge is 2.31. The third kappa shape index (κ3) is 4.08. The lowest BCUT2D eigenvalue weighted by Gasteiger charge is -2.34. The molecule has 0 aliphatic rings. The van der Waals surface area contributed by atoms with Crippen LogP contribution in [-0.4, -0.2) is 50.2 Å². The van der Waals surface area contributed by atoms with Gasteiger partial charge in [-0.2, -0.15) is 0 Å². The summed E-state index contributed by atoms with van der Waals surface area (Å²) >= 11 is 7.22. The topological polar surface area (TPSA) is 83.4 Å². The molecular weight excluding hydrogens is 302 g/mol. The van der Waals surface area contributed by atoms with Crippen molar-refractivity contribution in [1.82, 2.24) is 14.9 Å². The van der Waals surface area contributed by atoms with Gasteiger partial charge in [0.05, 0.1) is 11.2 Å². The summed E-state index contributed by atoms with van der Waals surface area (Å²) in [5.41, 5.74) is -0.648. The minimum Gasteiger partial charge on any atom is -0.480 e. The number of aliphatic carboxylic acids is 1. The molecule has 0 aromatic carbocycles. The van der Waals surface area contributed by atoms with E-state index in [4.69, 9.17) is 16.7 Å². The number of carboxylic acids is 1. The first kappa shape index (κ1) is 16.7. The molecule has 1 aromatic rings. The molecule has 1 rings (SSSR count). The molecule has 0 fully saturated rings. The molecule has 1 aromatic heterocycles. The summed E-state index contributed by atoms with van der Waals surface area (Å²) < 4.78 is 0. The van der Waals surface area contributed by atoms with Gasteiger partial charge >= 0.3 is 5.97 Å².